The lowest BCUT2D eigenvalue weighted by molar-refractivity contribution is -0.136. The molecule has 0 spiro atoms. The van der Waals surface area contributed by atoms with Crippen molar-refractivity contribution in [2.24, 2.45) is 5.10 Å². The van der Waals surface area contributed by atoms with Gasteiger partial charge in [-0.1, -0.05) is 48.5 Å². The van der Waals surface area contributed by atoms with E-state index in [0.717, 1.165) is 40.5 Å². The number of thiophene rings is 1. The molecule has 0 saturated heterocycles. The molecule has 2 amide bonds. The number of hydrogen-bond donors (Lipinski definition) is 2. The van der Waals surface area contributed by atoms with Crippen LogP contribution in [0.25, 0.3) is 10.8 Å². The van der Waals surface area contributed by atoms with Gasteiger partial charge in [0, 0.05) is 10.4 Å². The van der Waals surface area contributed by atoms with Gasteiger partial charge in [-0.3, -0.25) is 9.59 Å². The molecule has 3 aromatic carbocycles. The summed E-state index contributed by atoms with van der Waals surface area (Å²) >= 11 is 1.29. The number of ether oxygens (including phenoxy) is 2. The van der Waals surface area contributed by atoms with Crippen LogP contribution in [0.15, 0.2) is 71.8 Å². The van der Waals surface area contributed by atoms with E-state index in [9.17, 15) is 19.2 Å². The maximum absolute atomic E-state index is 12.8. The Morgan fingerprint density at radius 3 is 2.46 bits per heavy atom. The van der Waals surface area contributed by atoms with E-state index in [-0.39, 0.29) is 12.4 Å². The normalized spacial score (nSPS) is 12.5. The van der Waals surface area contributed by atoms with Gasteiger partial charge in [-0.25, -0.2) is 15.0 Å². The number of anilines is 1. The molecule has 208 valence electrons. The van der Waals surface area contributed by atoms with Gasteiger partial charge in [0.25, 0.3) is 0 Å². The van der Waals surface area contributed by atoms with Gasteiger partial charge >= 0.3 is 23.8 Å². The zero-order chi connectivity index (χ0) is 28.8. The number of hydrogen-bond acceptors (Lipinski definition) is 8. The third-order valence-corrected chi connectivity index (χ3v) is 7.79. The summed E-state index contributed by atoms with van der Waals surface area (Å²) in [5, 5.41) is 8.44. The van der Waals surface area contributed by atoms with Crippen LogP contribution in [0.3, 0.4) is 0 Å². The summed E-state index contributed by atoms with van der Waals surface area (Å²) < 4.78 is 10.9. The summed E-state index contributed by atoms with van der Waals surface area (Å²) in [6.07, 6.45) is 4.79. The molecule has 1 aliphatic carbocycles. The zero-order valence-electron chi connectivity index (χ0n) is 22.3. The minimum Gasteiger partial charge on any atom is -0.462 e. The summed E-state index contributed by atoms with van der Waals surface area (Å²) in [5.74, 6) is -2.82. The number of rotatable bonds is 7. The fourth-order valence-corrected chi connectivity index (χ4v) is 5.94. The van der Waals surface area contributed by atoms with Crippen LogP contribution in [0, 0.1) is 0 Å². The van der Waals surface area contributed by atoms with Crippen LogP contribution < -0.4 is 15.5 Å². The largest absolute Gasteiger partial charge is 0.462 e. The average molecular weight is 570 g/mol. The van der Waals surface area contributed by atoms with Crippen LogP contribution in [-0.2, 0) is 27.2 Å². The van der Waals surface area contributed by atoms with E-state index in [1.807, 2.05) is 30.3 Å². The highest BCUT2D eigenvalue weighted by Crippen LogP contribution is 2.38. The van der Waals surface area contributed by atoms with Gasteiger partial charge in [-0.2, -0.15) is 5.10 Å². The van der Waals surface area contributed by atoms with Crippen molar-refractivity contribution in [1.29, 1.82) is 0 Å². The fourth-order valence-electron chi connectivity index (χ4n) is 4.67. The van der Waals surface area contributed by atoms with Crippen LogP contribution in [0.2, 0.25) is 0 Å². The van der Waals surface area contributed by atoms with E-state index in [1.165, 1.54) is 17.6 Å². The number of carbonyl (C=O) groups excluding carboxylic acids is 4. The Bertz CT molecular complexity index is 1660. The van der Waals surface area contributed by atoms with E-state index in [0.29, 0.717) is 28.1 Å². The maximum atomic E-state index is 12.8. The van der Waals surface area contributed by atoms with E-state index in [2.05, 4.69) is 15.8 Å². The first-order valence-electron chi connectivity index (χ1n) is 13.2. The van der Waals surface area contributed by atoms with Crippen LogP contribution in [-0.4, -0.2) is 36.6 Å². The van der Waals surface area contributed by atoms with Crippen molar-refractivity contribution in [2.45, 2.75) is 32.6 Å². The third kappa shape index (κ3) is 6.17. The highest BCUT2D eigenvalue weighted by atomic mass is 32.1. The fraction of sp³-hybridized carbons (Fsp3) is 0.194. The van der Waals surface area contributed by atoms with Crippen LogP contribution >= 0.6 is 11.3 Å². The molecule has 5 rings (SSSR count). The summed E-state index contributed by atoms with van der Waals surface area (Å²) in [7, 11) is 0. The van der Waals surface area contributed by atoms with E-state index < -0.39 is 23.8 Å². The predicted molar refractivity (Wildman–Crippen MR) is 157 cm³/mol. The quantitative estimate of drug-likeness (QED) is 0.103. The van der Waals surface area contributed by atoms with Crippen LogP contribution in [0.1, 0.15) is 56.5 Å². The molecule has 9 nitrogen and oxygen atoms in total. The molecule has 10 heteroatoms. The van der Waals surface area contributed by atoms with Crippen LogP contribution in [0.4, 0.5) is 5.00 Å². The summed E-state index contributed by atoms with van der Waals surface area (Å²) in [4.78, 5) is 51.8. The van der Waals surface area contributed by atoms with Crippen molar-refractivity contribution in [2.75, 3.05) is 11.9 Å². The zero-order valence-corrected chi connectivity index (χ0v) is 23.1. The Morgan fingerprint density at radius 1 is 0.902 bits per heavy atom. The molecular formula is C31H27N3O6S. The summed E-state index contributed by atoms with van der Waals surface area (Å²) in [6, 6.07) is 19.5. The number of hydrazone groups is 1. The van der Waals surface area contributed by atoms with E-state index in [1.54, 1.807) is 43.3 Å². The summed E-state index contributed by atoms with van der Waals surface area (Å²) in [5.41, 5.74) is 4.25. The van der Waals surface area contributed by atoms with Gasteiger partial charge in [0.1, 0.15) is 10.8 Å². The number of carbonyl (C=O) groups is 4. The topological polar surface area (TPSA) is 123 Å². The highest BCUT2D eigenvalue weighted by molar-refractivity contribution is 7.17. The molecule has 2 N–H and O–H groups in total. The number of amides is 2. The predicted octanol–water partition coefficient (Wildman–Crippen LogP) is 5.26. The van der Waals surface area contributed by atoms with Crippen molar-refractivity contribution in [3.63, 3.8) is 0 Å². The van der Waals surface area contributed by atoms with Gasteiger partial charge in [-0.15, -0.1) is 11.3 Å². The standard InChI is InChI=1S/C31H27N3O6S/c1-2-39-31(38)26-22-14-8-9-15-25(22)41-29(26)33-27(35)28(36)34-32-18-23-21-13-7-6-10-19(21)16-17-24(23)40-30(37)20-11-4-3-5-12-20/h3-7,10-13,16-18H,2,8-9,14-15H2,1H3,(H,33,35)(H,34,36). The number of esters is 2. The van der Waals surface area contributed by atoms with E-state index >= 15 is 0 Å². The van der Waals surface area contributed by atoms with Gasteiger partial charge in [-0.05, 0) is 67.1 Å². The lowest BCUT2D eigenvalue weighted by Gasteiger charge is -2.12. The second kappa shape index (κ2) is 12.6. The van der Waals surface area contributed by atoms with Gasteiger partial charge < -0.3 is 14.8 Å². The van der Waals surface area contributed by atoms with Gasteiger partial charge in [0.2, 0.25) is 0 Å². The molecule has 4 aromatic rings. The summed E-state index contributed by atoms with van der Waals surface area (Å²) in [6.45, 7) is 1.91. The minimum atomic E-state index is -1.02. The van der Waals surface area contributed by atoms with Crippen molar-refractivity contribution in [1.82, 2.24) is 5.43 Å². The van der Waals surface area contributed by atoms with Crippen LogP contribution in [0.5, 0.6) is 5.75 Å². The molecule has 1 aromatic heterocycles. The highest BCUT2D eigenvalue weighted by Gasteiger charge is 2.28. The van der Waals surface area contributed by atoms with E-state index in [4.69, 9.17) is 9.47 Å². The minimum absolute atomic E-state index is 0.197. The molecule has 0 bridgehead atoms. The Morgan fingerprint density at radius 2 is 1.66 bits per heavy atom. The smallest absolute Gasteiger partial charge is 0.343 e. The lowest BCUT2D eigenvalue weighted by Crippen LogP contribution is -2.32. The molecule has 0 unspecified atom stereocenters. The average Bonchev–Trinajstić information content (AvgIpc) is 3.36. The van der Waals surface area contributed by atoms with Gasteiger partial charge in [0.15, 0.2) is 0 Å². The monoisotopic (exact) mass is 569 g/mol. The van der Waals surface area contributed by atoms with Crippen molar-refractivity contribution < 1.29 is 28.7 Å². The van der Waals surface area contributed by atoms with Gasteiger partial charge in [0.05, 0.1) is 23.9 Å². The number of nitrogens with zero attached hydrogens (tertiary/aromatic N) is 1. The first kappa shape index (κ1) is 27.7. The maximum Gasteiger partial charge on any atom is 0.343 e. The first-order chi connectivity index (χ1) is 20.0. The molecule has 41 heavy (non-hydrogen) atoms. The number of aryl methyl sites for hydroxylation is 1. The Hall–Kier alpha value is -4.83. The Kier molecular flexibility index (Phi) is 8.50. The van der Waals surface area contributed by atoms with Crippen molar-refractivity contribution in [3.8, 4) is 5.75 Å². The third-order valence-electron chi connectivity index (χ3n) is 6.59. The second-order valence-corrected chi connectivity index (χ2v) is 10.3. The van der Waals surface area contributed by atoms with Crippen molar-refractivity contribution >= 4 is 57.1 Å². The first-order valence-corrected chi connectivity index (χ1v) is 14.0. The van der Waals surface area contributed by atoms with Crippen molar-refractivity contribution in [3.05, 3.63) is 93.9 Å². The molecule has 1 heterocycles. The Labute approximate surface area is 240 Å². The lowest BCUT2D eigenvalue weighted by atomic mass is 9.95. The molecular weight excluding hydrogens is 542 g/mol. The molecule has 0 atom stereocenters. The number of benzene rings is 3. The SMILES string of the molecule is CCOC(=O)c1c(NC(=O)C(=O)NN=Cc2c(OC(=O)c3ccccc3)ccc3ccccc23)sc2c1CCCC2. The molecule has 1 aliphatic rings. The molecule has 0 fully saturated rings. The number of nitrogens with one attached hydrogen (secondary N) is 2. The second-order valence-electron chi connectivity index (χ2n) is 9.24. The molecule has 0 radical (unpaired) electrons. The molecule has 0 aliphatic heterocycles. The molecule has 0 saturated carbocycles. The number of fused-ring (bicyclic) bond motifs is 2. The Balaban J connectivity index is 1.34.